The number of amides is 2. The van der Waals surface area contributed by atoms with E-state index in [1.54, 1.807) is 36.8 Å². The van der Waals surface area contributed by atoms with Crippen LogP contribution in [-0.2, 0) is 17.9 Å². The van der Waals surface area contributed by atoms with E-state index < -0.39 is 5.82 Å². The standard InChI is InChI=1S/C24H27ClFN7O2/c1-14-9-18(11-22(28-14)24(35)27-12-17-5-8-21(26)20(25)10-17)23-30-32-33(31-23)13-16-3-6-19(7-4-16)29-15(2)34/h5,8-11,16,19H,3-4,6-7,12-13H2,1-2H3,(H,27,35)(H,29,34). The molecule has 1 aromatic carbocycles. The van der Waals surface area contributed by atoms with E-state index in [4.69, 9.17) is 11.6 Å². The molecule has 1 aliphatic rings. The molecule has 1 fully saturated rings. The van der Waals surface area contributed by atoms with Gasteiger partial charge >= 0.3 is 0 Å². The number of nitrogens with one attached hydrogen (secondary N) is 2. The molecule has 0 spiro atoms. The number of aromatic nitrogens is 5. The first-order valence-corrected chi connectivity index (χ1v) is 11.9. The topological polar surface area (TPSA) is 115 Å². The maximum absolute atomic E-state index is 13.3. The number of aryl methyl sites for hydroxylation is 1. The number of rotatable bonds is 7. The summed E-state index contributed by atoms with van der Waals surface area (Å²) in [6, 6.07) is 7.96. The molecule has 4 rings (SSSR count). The molecule has 2 N–H and O–H groups in total. The summed E-state index contributed by atoms with van der Waals surface area (Å²) >= 11 is 5.81. The van der Waals surface area contributed by atoms with E-state index in [1.807, 2.05) is 0 Å². The molecule has 11 heteroatoms. The number of halogens is 2. The molecule has 2 aromatic heterocycles. The van der Waals surface area contributed by atoms with Gasteiger partial charge in [-0.1, -0.05) is 17.7 Å². The van der Waals surface area contributed by atoms with E-state index in [0.29, 0.717) is 35.1 Å². The predicted octanol–water partition coefficient (Wildman–Crippen LogP) is 3.46. The molecule has 2 heterocycles. The van der Waals surface area contributed by atoms with Crippen molar-refractivity contribution in [3.8, 4) is 11.4 Å². The molecule has 0 aliphatic heterocycles. The van der Waals surface area contributed by atoms with Crippen LogP contribution in [0.25, 0.3) is 11.4 Å². The lowest BCUT2D eigenvalue weighted by molar-refractivity contribution is -0.119. The summed E-state index contributed by atoms with van der Waals surface area (Å²) in [7, 11) is 0. The zero-order valence-electron chi connectivity index (χ0n) is 19.6. The zero-order valence-corrected chi connectivity index (χ0v) is 20.3. The largest absolute Gasteiger partial charge is 0.354 e. The summed E-state index contributed by atoms with van der Waals surface area (Å²) in [5, 5.41) is 18.6. The summed E-state index contributed by atoms with van der Waals surface area (Å²) in [5.74, 6) is -0.0374. The van der Waals surface area contributed by atoms with E-state index in [1.165, 1.54) is 12.1 Å². The summed E-state index contributed by atoms with van der Waals surface area (Å²) in [6.07, 6.45) is 3.86. The molecular formula is C24H27ClFN7O2. The van der Waals surface area contributed by atoms with Gasteiger partial charge in [0.15, 0.2) is 0 Å². The Balaban J connectivity index is 1.38. The van der Waals surface area contributed by atoms with Crippen LogP contribution in [0.5, 0.6) is 0 Å². The Labute approximate surface area is 207 Å². The number of carbonyl (C=O) groups excluding carboxylic acids is 2. The SMILES string of the molecule is CC(=O)NC1CCC(Cn2nnc(-c3cc(C)nc(C(=O)NCc4ccc(F)c(Cl)c4)c3)n2)CC1. The van der Waals surface area contributed by atoms with Crippen LogP contribution in [0.4, 0.5) is 4.39 Å². The Bertz CT molecular complexity index is 1220. The van der Waals surface area contributed by atoms with Crippen molar-refractivity contribution in [2.75, 3.05) is 0 Å². The van der Waals surface area contributed by atoms with Crippen molar-refractivity contribution >= 4 is 23.4 Å². The first kappa shape index (κ1) is 24.7. The third-order valence-corrected chi connectivity index (χ3v) is 6.30. The van der Waals surface area contributed by atoms with Gasteiger partial charge in [-0.3, -0.25) is 9.59 Å². The molecule has 1 saturated carbocycles. The maximum Gasteiger partial charge on any atom is 0.270 e. The third-order valence-electron chi connectivity index (χ3n) is 6.01. The van der Waals surface area contributed by atoms with Gasteiger partial charge in [-0.05, 0) is 73.6 Å². The van der Waals surface area contributed by atoms with Gasteiger partial charge in [0.1, 0.15) is 11.5 Å². The Hall–Kier alpha value is -3.40. The normalized spacial score (nSPS) is 17.7. The average Bonchev–Trinajstić information content (AvgIpc) is 3.29. The highest BCUT2D eigenvalue weighted by Gasteiger charge is 2.23. The fourth-order valence-corrected chi connectivity index (χ4v) is 4.48. The summed E-state index contributed by atoms with van der Waals surface area (Å²) in [4.78, 5) is 29.9. The van der Waals surface area contributed by atoms with E-state index in [-0.39, 0.29) is 35.1 Å². The van der Waals surface area contributed by atoms with Crippen LogP contribution in [-0.4, -0.2) is 43.0 Å². The van der Waals surface area contributed by atoms with Crippen molar-refractivity contribution < 1.29 is 14.0 Å². The van der Waals surface area contributed by atoms with Gasteiger partial charge in [0.2, 0.25) is 11.7 Å². The second kappa shape index (κ2) is 10.9. The quantitative estimate of drug-likeness (QED) is 0.514. The lowest BCUT2D eigenvalue weighted by atomic mass is 9.86. The number of pyridine rings is 1. The van der Waals surface area contributed by atoms with Gasteiger partial charge in [-0.25, -0.2) is 9.37 Å². The van der Waals surface area contributed by atoms with Gasteiger partial charge < -0.3 is 10.6 Å². The Morgan fingerprint density at radius 1 is 1.17 bits per heavy atom. The van der Waals surface area contributed by atoms with Crippen LogP contribution in [0.1, 0.15) is 54.4 Å². The molecule has 0 saturated heterocycles. The number of carbonyl (C=O) groups is 2. The molecule has 3 aromatic rings. The molecular weight excluding hydrogens is 473 g/mol. The maximum atomic E-state index is 13.3. The molecule has 2 amide bonds. The van der Waals surface area contributed by atoms with Crippen molar-refractivity contribution in [3.63, 3.8) is 0 Å². The van der Waals surface area contributed by atoms with Crippen LogP contribution in [0.2, 0.25) is 5.02 Å². The molecule has 0 unspecified atom stereocenters. The van der Waals surface area contributed by atoms with E-state index in [0.717, 1.165) is 25.7 Å². The van der Waals surface area contributed by atoms with Crippen molar-refractivity contribution in [1.29, 1.82) is 0 Å². The number of hydrogen-bond acceptors (Lipinski definition) is 6. The summed E-state index contributed by atoms with van der Waals surface area (Å²) in [6.45, 7) is 4.17. The van der Waals surface area contributed by atoms with Crippen LogP contribution in [0.15, 0.2) is 30.3 Å². The zero-order chi connectivity index (χ0) is 24.9. The van der Waals surface area contributed by atoms with Crippen molar-refractivity contribution in [1.82, 2.24) is 35.8 Å². The third kappa shape index (κ3) is 6.60. The Morgan fingerprint density at radius 2 is 1.94 bits per heavy atom. The molecule has 1 aliphatic carbocycles. The van der Waals surface area contributed by atoms with Crippen LogP contribution < -0.4 is 10.6 Å². The monoisotopic (exact) mass is 499 g/mol. The molecule has 9 nitrogen and oxygen atoms in total. The Morgan fingerprint density at radius 3 is 2.66 bits per heavy atom. The minimum atomic E-state index is -0.509. The van der Waals surface area contributed by atoms with Crippen LogP contribution in [0.3, 0.4) is 0 Å². The molecule has 35 heavy (non-hydrogen) atoms. The van der Waals surface area contributed by atoms with Crippen LogP contribution >= 0.6 is 11.6 Å². The smallest absolute Gasteiger partial charge is 0.270 e. The minimum Gasteiger partial charge on any atom is -0.354 e. The molecule has 0 radical (unpaired) electrons. The second-order valence-corrected chi connectivity index (χ2v) is 9.31. The summed E-state index contributed by atoms with van der Waals surface area (Å²) in [5.41, 5.74) is 2.19. The van der Waals surface area contributed by atoms with Gasteiger partial charge in [-0.2, -0.15) is 4.80 Å². The minimum absolute atomic E-state index is 0.00245. The first-order valence-electron chi connectivity index (χ1n) is 11.5. The van der Waals surface area contributed by atoms with Gasteiger partial charge in [0.05, 0.1) is 11.6 Å². The highest BCUT2D eigenvalue weighted by atomic mass is 35.5. The van der Waals surface area contributed by atoms with Gasteiger partial charge in [-0.15, -0.1) is 10.2 Å². The fourth-order valence-electron chi connectivity index (χ4n) is 4.28. The fraction of sp³-hybridized carbons (Fsp3) is 0.417. The number of tetrazole rings is 1. The van der Waals surface area contributed by atoms with Gasteiger partial charge in [0, 0.05) is 30.8 Å². The highest BCUT2D eigenvalue weighted by molar-refractivity contribution is 6.30. The summed E-state index contributed by atoms with van der Waals surface area (Å²) < 4.78 is 13.3. The second-order valence-electron chi connectivity index (χ2n) is 8.90. The van der Waals surface area contributed by atoms with Crippen LogP contribution in [0, 0.1) is 18.7 Å². The molecule has 0 atom stereocenters. The lowest BCUT2D eigenvalue weighted by Crippen LogP contribution is -2.36. The number of benzene rings is 1. The molecule has 184 valence electrons. The van der Waals surface area contributed by atoms with E-state index in [2.05, 4.69) is 31.0 Å². The Kier molecular flexibility index (Phi) is 7.70. The average molecular weight is 500 g/mol. The van der Waals surface area contributed by atoms with Gasteiger partial charge in [0.25, 0.3) is 5.91 Å². The predicted molar refractivity (Wildman–Crippen MR) is 128 cm³/mol. The van der Waals surface area contributed by atoms with E-state index >= 15 is 0 Å². The number of nitrogens with zero attached hydrogens (tertiary/aromatic N) is 5. The van der Waals surface area contributed by atoms with Crippen molar-refractivity contribution in [2.45, 2.75) is 58.7 Å². The number of hydrogen-bond donors (Lipinski definition) is 2. The van der Waals surface area contributed by atoms with Crippen molar-refractivity contribution in [2.24, 2.45) is 5.92 Å². The first-order chi connectivity index (χ1) is 16.8. The van der Waals surface area contributed by atoms with E-state index in [9.17, 15) is 14.0 Å². The highest BCUT2D eigenvalue weighted by Crippen LogP contribution is 2.26. The lowest BCUT2D eigenvalue weighted by Gasteiger charge is -2.28. The molecule has 0 bridgehead atoms. The van der Waals surface area contributed by atoms with Crippen molar-refractivity contribution in [3.05, 3.63) is 58.1 Å².